The van der Waals surface area contributed by atoms with Gasteiger partial charge in [0.05, 0.1) is 17.4 Å². The number of imidazole rings is 1. The minimum atomic E-state index is -0.341. The van der Waals surface area contributed by atoms with Crippen molar-refractivity contribution in [3.63, 3.8) is 0 Å². The number of hydrogen-bond donors (Lipinski definition) is 1. The fourth-order valence-electron chi connectivity index (χ4n) is 0.862. The summed E-state index contributed by atoms with van der Waals surface area (Å²) in [5.41, 5.74) is 1.13. The number of H-pyrrole nitrogens is 1. The maximum atomic E-state index is 12.6. The van der Waals surface area contributed by atoms with E-state index in [9.17, 15) is 4.39 Å². The molecule has 2 nitrogen and oxygen atoms in total. The molecule has 2 rings (SSSR count). The van der Waals surface area contributed by atoms with Crippen molar-refractivity contribution >= 4 is 11.0 Å². The summed E-state index contributed by atoms with van der Waals surface area (Å²) < 4.78 is 19.8. The van der Waals surface area contributed by atoms with E-state index in [1.165, 1.54) is 18.5 Å². The van der Waals surface area contributed by atoms with Crippen molar-refractivity contribution in [3.05, 3.63) is 30.3 Å². The Morgan fingerprint density at radius 2 is 2.50 bits per heavy atom. The topological polar surface area (TPSA) is 28.7 Å². The molecule has 0 fully saturated rings. The van der Waals surface area contributed by atoms with Crippen molar-refractivity contribution in [2.45, 2.75) is 0 Å². The van der Waals surface area contributed by atoms with Crippen LogP contribution in [0.4, 0.5) is 4.39 Å². The minimum absolute atomic E-state index is 0.341. The predicted molar refractivity (Wildman–Crippen MR) is 36.1 cm³/mol. The zero-order valence-corrected chi connectivity index (χ0v) is 5.08. The molecular weight excluding hydrogens is 131 g/mol. The second-order valence-corrected chi connectivity index (χ2v) is 2.01. The highest BCUT2D eigenvalue weighted by molar-refractivity contribution is 5.73. The largest absolute Gasteiger partial charge is 0.345 e. The summed E-state index contributed by atoms with van der Waals surface area (Å²) >= 11 is 0. The third-order valence-corrected chi connectivity index (χ3v) is 1.33. The monoisotopic (exact) mass is 137 g/mol. The Labute approximate surface area is 58.2 Å². The van der Waals surface area contributed by atoms with E-state index in [-0.39, 0.29) is 5.82 Å². The standard InChI is InChI=1S/C7H5FN2/c8-5-1-2-6-7(3-5)10-4-9-6/h1-4H,(H,9,10)/i/hD. The minimum Gasteiger partial charge on any atom is -0.345 e. The van der Waals surface area contributed by atoms with Crippen LogP contribution in [0.2, 0.25) is 1.41 Å². The Morgan fingerprint density at radius 1 is 1.60 bits per heavy atom. The van der Waals surface area contributed by atoms with Crippen molar-refractivity contribution in [1.82, 2.24) is 9.96 Å². The Balaban J connectivity index is 2.87. The van der Waals surface area contributed by atoms with E-state index in [0.717, 1.165) is 4.98 Å². The Hall–Kier alpha value is -1.38. The van der Waals surface area contributed by atoms with Gasteiger partial charge in [-0.25, -0.2) is 9.37 Å². The summed E-state index contributed by atoms with van der Waals surface area (Å²) in [5, 5.41) is 0. The summed E-state index contributed by atoms with van der Waals surface area (Å²) in [6, 6.07) is 4.17. The lowest BCUT2D eigenvalue weighted by molar-refractivity contribution is 0.629. The molecule has 0 unspecified atom stereocenters. The summed E-state index contributed by atoms with van der Waals surface area (Å²) in [6.45, 7) is 0. The second kappa shape index (κ2) is 1.80. The summed E-state index contributed by atoms with van der Waals surface area (Å²) in [4.78, 5) is 4.91. The highest BCUT2D eigenvalue weighted by Crippen LogP contribution is 2.09. The lowest BCUT2D eigenvalue weighted by Crippen LogP contribution is -1.72. The first kappa shape index (κ1) is 4.44. The number of halogens is 1. The average Bonchev–Trinajstić information content (AvgIpc) is 2.33. The van der Waals surface area contributed by atoms with Gasteiger partial charge in [0.15, 0.2) is 1.41 Å². The first-order valence-electron chi connectivity index (χ1n) is 3.34. The molecule has 10 heavy (non-hydrogen) atoms. The van der Waals surface area contributed by atoms with Crippen molar-refractivity contribution in [3.8, 4) is 0 Å². The molecule has 3 heteroatoms. The molecule has 0 atom stereocenters. The summed E-state index contributed by atoms with van der Waals surface area (Å²) in [6.07, 6.45) is 1.34. The second-order valence-electron chi connectivity index (χ2n) is 2.01. The Morgan fingerprint density at radius 3 is 3.40 bits per heavy atom. The molecule has 0 saturated heterocycles. The first-order valence-corrected chi connectivity index (χ1v) is 2.89. The van der Waals surface area contributed by atoms with E-state index in [2.05, 4.69) is 4.98 Å². The molecule has 1 aromatic heterocycles. The number of fused-ring (bicyclic) bond motifs is 1. The number of aromatic amines is 1. The van der Waals surface area contributed by atoms with E-state index in [0.29, 0.717) is 11.0 Å². The van der Waals surface area contributed by atoms with Crippen molar-refractivity contribution < 1.29 is 5.80 Å². The maximum absolute atomic E-state index is 12.6. The van der Waals surface area contributed by atoms with E-state index in [1.807, 2.05) is 0 Å². The predicted octanol–water partition coefficient (Wildman–Crippen LogP) is 1.70. The van der Waals surface area contributed by atoms with Crippen LogP contribution in [-0.4, -0.2) is 9.96 Å². The zero-order chi connectivity index (χ0) is 7.84. The fourth-order valence-corrected chi connectivity index (χ4v) is 0.862. The molecular formula is C7H5FN2. The van der Waals surface area contributed by atoms with E-state index in [1.54, 1.807) is 6.07 Å². The van der Waals surface area contributed by atoms with Gasteiger partial charge in [0.1, 0.15) is 5.82 Å². The number of benzene rings is 1. The van der Waals surface area contributed by atoms with Crippen LogP contribution in [-0.2, 0) is 0 Å². The van der Waals surface area contributed by atoms with Gasteiger partial charge in [0.25, 0.3) is 0 Å². The van der Waals surface area contributed by atoms with Crippen molar-refractivity contribution in [2.24, 2.45) is 0 Å². The zero-order valence-electron chi connectivity index (χ0n) is 6.08. The van der Waals surface area contributed by atoms with E-state index in [4.69, 9.17) is 1.41 Å². The maximum Gasteiger partial charge on any atom is 0.168 e. The average molecular weight is 137 g/mol. The first-order chi connectivity index (χ1) is 5.27. The van der Waals surface area contributed by atoms with Crippen LogP contribution in [0.3, 0.4) is 0 Å². The molecule has 1 heterocycles. The molecule has 1 N–H and O–H groups in total. The van der Waals surface area contributed by atoms with Gasteiger partial charge in [-0.15, -0.1) is 0 Å². The number of rotatable bonds is 0. The molecule has 0 aliphatic carbocycles. The Bertz CT molecular complexity index is 396. The number of hydrogen-bond acceptors (Lipinski definition) is 1. The van der Waals surface area contributed by atoms with Gasteiger partial charge in [-0.2, -0.15) is 0 Å². The smallest absolute Gasteiger partial charge is 0.168 e. The van der Waals surface area contributed by atoms with Gasteiger partial charge in [-0.3, -0.25) is 0 Å². The van der Waals surface area contributed by atoms with Crippen LogP contribution in [0.25, 0.3) is 11.0 Å². The SMILES string of the molecule is [2H]n1cnc2ccc(F)cc21. The van der Waals surface area contributed by atoms with E-state index >= 15 is 0 Å². The van der Waals surface area contributed by atoms with Crippen LogP contribution in [0.1, 0.15) is 0 Å². The molecule has 2 aromatic rings. The van der Waals surface area contributed by atoms with Crippen LogP contribution >= 0.6 is 0 Å². The molecule has 50 valence electrons. The third kappa shape index (κ3) is 0.673. The molecule has 0 spiro atoms. The summed E-state index contributed by atoms with van der Waals surface area (Å²) in [5.74, 6) is -0.341. The van der Waals surface area contributed by atoms with Crippen LogP contribution < -0.4 is 0 Å². The molecule has 0 aliphatic rings. The molecule has 0 bridgehead atoms. The van der Waals surface area contributed by atoms with Gasteiger partial charge in [-0.05, 0) is 18.2 Å². The molecule has 0 radical (unpaired) electrons. The van der Waals surface area contributed by atoms with Gasteiger partial charge in [-0.1, -0.05) is 0 Å². The normalized spacial score (nSPS) is 11.9. The number of nitrogens with zero attached hydrogens (tertiary/aromatic N) is 1. The molecule has 0 aliphatic heterocycles. The number of aromatic nitrogens is 2. The van der Waals surface area contributed by atoms with Gasteiger partial charge in [0, 0.05) is 0 Å². The van der Waals surface area contributed by atoms with Gasteiger partial charge >= 0.3 is 0 Å². The van der Waals surface area contributed by atoms with Crippen molar-refractivity contribution in [1.29, 1.82) is 0 Å². The third-order valence-electron chi connectivity index (χ3n) is 1.33. The lowest BCUT2D eigenvalue weighted by Gasteiger charge is -1.86. The number of nitrogens with one attached hydrogen (secondary N) is 1. The fraction of sp³-hybridized carbons (Fsp3) is 0. The van der Waals surface area contributed by atoms with E-state index < -0.39 is 0 Å². The molecule has 0 amide bonds. The van der Waals surface area contributed by atoms with Crippen LogP contribution in [0.5, 0.6) is 0 Å². The van der Waals surface area contributed by atoms with Gasteiger partial charge < -0.3 is 4.98 Å². The van der Waals surface area contributed by atoms with Crippen LogP contribution in [0.15, 0.2) is 24.5 Å². The van der Waals surface area contributed by atoms with Gasteiger partial charge in [0.2, 0.25) is 0 Å². The molecule has 0 saturated carbocycles. The van der Waals surface area contributed by atoms with Crippen molar-refractivity contribution in [2.75, 3.05) is 0 Å². The Kier molecular flexibility index (Phi) is 0.799. The summed E-state index contributed by atoms with van der Waals surface area (Å²) in [7, 11) is 0. The highest BCUT2D eigenvalue weighted by Gasteiger charge is 1.94. The quantitative estimate of drug-likeness (QED) is 0.588. The lowest BCUT2D eigenvalue weighted by atomic mass is 10.3. The van der Waals surface area contributed by atoms with Crippen LogP contribution in [0, 0.1) is 5.82 Å². The highest BCUT2D eigenvalue weighted by atomic mass is 19.1. The molecule has 1 aromatic carbocycles.